The number of nitrogens with zero attached hydrogens (tertiary/aromatic N) is 1. The average molecular weight is 329 g/mol. The van der Waals surface area contributed by atoms with Gasteiger partial charge >= 0.3 is 0 Å². The van der Waals surface area contributed by atoms with Crippen LogP contribution in [-0.2, 0) is 0 Å². The summed E-state index contributed by atoms with van der Waals surface area (Å²) in [4.78, 5) is 23.5. The van der Waals surface area contributed by atoms with E-state index in [-0.39, 0.29) is 17.1 Å². The van der Waals surface area contributed by atoms with Gasteiger partial charge in [-0.15, -0.1) is 0 Å². The van der Waals surface area contributed by atoms with Gasteiger partial charge in [0.1, 0.15) is 5.69 Å². The van der Waals surface area contributed by atoms with Gasteiger partial charge in [-0.3, -0.25) is 14.9 Å². The Kier molecular flexibility index (Phi) is 3.51. The number of rotatable bonds is 4. The highest BCUT2D eigenvalue weighted by molar-refractivity contribution is 5.96. The Morgan fingerprint density at radius 1 is 1.17 bits per heavy atom. The van der Waals surface area contributed by atoms with Crippen LogP contribution in [0.25, 0.3) is 0 Å². The zero-order chi connectivity index (χ0) is 16.9. The van der Waals surface area contributed by atoms with Crippen LogP contribution in [0.4, 0.5) is 11.4 Å². The maximum Gasteiger partial charge on any atom is 0.293 e. The fraction of sp³-hybridized carbons (Fsp3) is 0.611. The normalized spacial score (nSPS) is 33.3. The number of hydrogen-bond acceptors (Lipinski definition) is 4. The Bertz CT molecular complexity index is 665. The van der Waals surface area contributed by atoms with Crippen LogP contribution in [0.5, 0.6) is 0 Å². The van der Waals surface area contributed by atoms with Crippen molar-refractivity contribution in [3.05, 3.63) is 33.9 Å². The lowest BCUT2D eigenvalue weighted by Crippen LogP contribution is -2.59. The van der Waals surface area contributed by atoms with Crippen LogP contribution in [0.3, 0.4) is 0 Å². The molecule has 6 nitrogen and oxygen atoms in total. The first-order valence-corrected chi connectivity index (χ1v) is 8.77. The Labute approximate surface area is 141 Å². The van der Waals surface area contributed by atoms with E-state index >= 15 is 0 Å². The highest BCUT2D eigenvalue weighted by Gasteiger charge is 2.51. The number of nitrogens with one attached hydrogen (secondary N) is 2. The minimum Gasteiger partial charge on any atom is -0.383 e. The molecule has 4 fully saturated rings. The molecule has 0 saturated heterocycles. The maximum absolute atomic E-state index is 12.7. The predicted octanol–water partition coefficient (Wildman–Crippen LogP) is 3.34. The van der Waals surface area contributed by atoms with Crippen LogP contribution >= 0.6 is 0 Å². The zero-order valence-electron chi connectivity index (χ0n) is 13.9. The molecule has 128 valence electrons. The third-order valence-corrected chi connectivity index (χ3v) is 6.14. The molecule has 0 spiro atoms. The number of amides is 1. The van der Waals surface area contributed by atoms with E-state index in [1.165, 1.54) is 25.3 Å². The molecule has 5 rings (SSSR count). The standard InChI is InChI=1S/C18H23N3O3/c1-19-15-3-2-14(7-16(15)21(23)24)17(22)20-18-8-11-4-12(9-18)6-13(5-11)10-18/h2-3,7,11-13,19H,4-6,8-10H2,1H3,(H,20,22). The van der Waals surface area contributed by atoms with Gasteiger partial charge in [0.25, 0.3) is 11.6 Å². The summed E-state index contributed by atoms with van der Waals surface area (Å²) in [6, 6.07) is 4.64. The summed E-state index contributed by atoms with van der Waals surface area (Å²) in [5.74, 6) is 2.07. The van der Waals surface area contributed by atoms with Gasteiger partial charge in [-0.2, -0.15) is 0 Å². The number of nitro groups is 1. The molecule has 1 amide bonds. The van der Waals surface area contributed by atoms with Crippen molar-refractivity contribution in [1.29, 1.82) is 0 Å². The molecule has 0 aliphatic heterocycles. The third kappa shape index (κ3) is 2.54. The molecule has 6 heteroatoms. The fourth-order valence-electron chi connectivity index (χ4n) is 5.61. The Morgan fingerprint density at radius 3 is 2.25 bits per heavy atom. The molecule has 1 aromatic rings. The van der Waals surface area contributed by atoms with Crippen molar-refractivity contribution < 1.29 is 9.72 Å². The molecule has 1 aromatic carbocycles. The van der Waals surface area contributed by atoms with Crippen molar-refractivity contribution in [2.24, 2.45) is 17.8 Å². The highest BCUT2D eigenvalue weighted by Crippen LogP contribution is 2.55. The van der Waals surface area contributed by atoms with E-state index in [2.05, 4.69) is 10.6 Å². The number of benzene rings is 1. The molecule has 0 atom stereocenters. The number of carbonyl (C=O) groups excluding carboxylic acids is 1. The largest absolute Gasteiger partial charge is 0.383 e. The second-order valence-corrected chi connectivity index (χ2v) is 7.89. The molecule has 4 bridgehead atoms. The van der Waals surface area contributed by atoms with Crippen molar-refractivity contribution in [2.45, 2.75) is 44.1 Å². The van der Waals surface area contributed by atoms with Crippen molar-refractivity contribution >= 4 is 17.3 Å². The van der Waals surface area contributed by atoms with Crippen LogP contribution in [0.2, 0.25) is 0 Å². The first-order chi connectivity index (χ1) is 11.5. The molecular formula is C18H23N3O3. The van der Waals surface area contributed by atoms with E-state index in [1.54, 1.807) is 19.2 Å². The van der Waals surface area contributed by atoms with Crippen molar-refractivity contribution in [3.63, 3.8) is 0 Å². The molecule has 0 aromatic heterocycles. The summed E-state index contributed by atoms with van der Waals surface area (Å²) in [7, 11) is 1.64. The van der Waals surface area contributed by atoms with Gasteiger partial charge in [0.2, 0.25) is 0 Å². The third-order valence-electron chi connectivity index (χ3n) is 6.14. The molecule has 0 unspecified atom stereocenters. The van der Waals surface area contributed by atoms with Crippen molar-refractivity contribution in [3.8, 4) is 0 Å². The number of hydrogen-bond donors (Lipinski definition) is 2. The monoisotopic (exact) mass is 329 g/mol. The quantitative estimate of drug-likeness (QED) is 0.655. The molecule has 0 heterocycles. The molecule has 4 aliphatic carbocycles. The average Bonchev–Trinajstić information content (AvgIpc) is 2.52. The Balaban J connectivity index is 1.56. The van der Waals surface area contributed by atoms with E-state index in [9.17, 15) is 14.9 Å². The maximum atomic E-state index is 12.7. The SMILES string of the molecule is CNc1ccc(C(=O)NC23CC4CC(CC(C4)C2)C3)cc1[N+](=O)[O-]. The number of nitro benzene ring substituents is 1. The summed E-state index contributed by atoms with van der Waals surface area (Å²) < 4.78 is 0. The first kappa shape index (κ1) is 15.4. The fourth-order valence-corrected chi connectivity index (χ4v) is 5.61. The lowest BCUT2D eigenvalue weighted by atomic mass is 9.53. The summed E-state index contributed by atoms with van der Waals surface area (Å²) in [6.07, 6.45) is 7.16. The molecule has 0 radical (unpaired) electrons. The van der Waals surface area contributed by atoms with Gasteiger partial charge < -0.3 is 10.6 Å². The van der Waals surface area contributed by atoms with E-state index in [0.29, 0.717) is 11.3 Å². The zero-order valence-corrected chi connectivity index (χ0v) is 13.9. The minimum atomic E-state index is -0.451. The number of carbonyl (C=O) groups is 1. The lowest BCUT2D eigenvalue weighted by molar-refractivity contribution is -0.384. The van der Waals surface area contributed by atoms with E-state index < -0.39 is 4.92 Å². The van der Waals surface area contributed by atoms with E-state index in [1.807, 2.05) is 0 Å². The first-order valence-electron chi connectivity index (χ1n) is 8.77. The van der Waals surface area contributed by atoms with Gasteiger partial charge in [-0.1, -0.05) is 0 Å². The van der Waals surface area contributed by atoms with E-state index in [0.717, 1.165) is 37.0 Å². The summed E-state index contributed by atoms with van der Waals surface area (Å²) in [5, 5.41) is 17.3. The van der Waals surface area contributed by atoms with Gasteiger partial charge in [-0.25, -0.2) is 0 Å². The topological polar surface area (TPSA) is 84.3 Å². The summed E-state index contributed by atoms with van der Waals surface area (Å²) >= 11 is 0. The molecule has 2 N–H and O–H groups in total. The smallest absolute Gasteiger partial charge is 0.293 e. The number of anilines is 1. The Hall–Kier alpha value is -2.11. The van der Waals surface area contributed by atoms with Crippen molar-refractivity contribution in [1.82, 2.24) is 5.32 Å². The molecule has 4 saturated carbocycles. The summed E-state index contributed by atoms with van der Waals surface area (Å²) in [6.45, 7) is 0. The highest BCUT2D eigenvalue weighted by atomic mass is 16.6. The summed E-state index contributed by atoms with van der Waals surface area (Å²) in [5.41, 5.74) is 0.654. The van der Waals surface area contributed by atoms with Gasteiger partial charge in [0, 0.05) is 24.2 Å². The second-order valence-electron chi connectivity index (χ2n) is 7.89. The van der Waals surface area contributed by atoms with Crippen LogP contribution < -0.4 is 10.6 Å². The Morgan fingerprint density at radius 2 is 1.75 bits per heavy atom. The van der Waals surface area contributed by atoms with Gasteiger partial charge in [0.05, 0.1) is 4.92 Å². The van der Waals surface area contributed by atoms with E-state index in [4.69, 9.17) is 0 Å². The minimum absolute atomic E-state index is 0.0596. The van der Waals surface area contributed by atoms with Crippen LogP contribution in [0, 0.1) is 27.9 Å². The lowest BCUT2D eigenvalue weighted by Gasteiger charge is -2.56. The van der Waals surface area contributed by atoms with Crippen LogP contribution in [0.1, 0.15) is 48.9 Å². The van der Waals surface area contributed by atoms with Crippen molar-refractivity contribution in [2.75, 3.05) is 12.4 Å². The van der Waals surface area contributed by atoms with Gasteiger partial charge in [-0.05, 0) is 68.4 Å². The molecule has 24 heavy (non-hydrogen) atoms. The molecule has 4 aliphatic rings. The van der Waals surface area contributed by atoms with Crippen LogP contribution in [-0.4, -0.2) is 23.4 Å². The van der Waals surface area contributed by atoms with Crippen LogP contribution in [0.15, 0.2) is 18.2 Å². The van der Waals surface area contributed by atoms with Gasteiger partial charge in [0.15, 0.2) is 0 Å². The second kappa shape index (κ2) is 5.46. The molecular weight excluding hydrogens is 306 g/mol. The predicted molar refractivity (Wildman–Crippen MR) is 91.0 cm³/mol.